The monoisotopic (exact) mass is 337 g/mol. The van der Waals surface area contributed by atoms with Gasteiger partial charge in [-0.3, -0.25) is 0 Å². The first-order chi connectivity index (χ1) is 9.04. The van der Waals surface area contributed by atoms with Crippen molar-refractivity contribution in [2.75, 3.05) is 0 Å². The Morgan fingerprint density at radius 2 is 1.95 bits per heavy atom. The normalized spacial score (nSPS) is 12.4. The van der Waals surface area contributed by atoms with E-state index >= 15 is 0 Å². The Bertz CT molecular complexity index is 568. The van der Waals surface area contributed by atoms with Gasteiger partial charge in [0.15, 0.2) is 0 Å². The van der Waals surface area contributed by atoms with E-state index in [-0.39, 0.29) is 6.04 Å². The van der Waals surface area contributed by atoms with E-state index in [4.69, 9.17) is 17.3 Å². The van der Waals surface area contributed by atoms with Gasteiger partial charge < -0.3 is 5.73 Å². The fourth-order valence-electron chi connectivity index (χ4n) is 2.18. The summed E-state index contributed by atoms with van der Waals surface area (Å²) in [5, 5.41) is 0.772. The molecule has 2 rings (SSSR count). The maximum absolute atomic E-state index is 6.22. The summed E-state index contributed by atoms with van der Waals surface area (Å²) in [5.41, 5.74) is 9.87. The van der Waals surface area contributed by atoms with Gasteiger partial charge in [-0.2, -0.15) is 0 Å². The van der Waals surface area contributed by atoms with Gasteiger partial charge >= 0.3 is 0 Å². The standard InChI is InChI=1S/C16H17BrClN/c1-11-3-2-4-12(7-11)8-15(19)9-13-5-6-14(17)10-16(13)18/h2-7,10,15H,8-9,19H2,1H3. The summed E-state index contributed by atoms with van der Waals surface area (Å²) in [6.45, 7) is 2.10. The molecular formula is C16H17BrClN. The molecule has 1 nitrogen and oxygen atoms in total. The summed E-state index contributed by atoms with van der Waals surface area (Å²) >= 11 is 9.62. The van der Waals surface area contributed by atoms with Gasteiger partial charge in [0.05, 0.1) is 0 Å². The molecule has 1 atom stereocenters. The van der Waals surface area contributed by atoms with Crippen LogP contribution in [-0.2, 0) is 12.8 Å². The second-order valence-electron chi connectivity index (χ2n) is 4.89. The van der Waals surface area contributed by atoms with Crippen LogP contribution in [0.2, 0.25) is 5.02 Å². The number of benzene rings is 2. The summed E-state index contributed by atoms with van der Waals surface area (Å²) in [6, 6.07) is 14.5. The molecule has 2 N–H and O–H groups in total. The predicted molar refractivity (Wildman–Crippen MR) is 85.7 cm³/mol. The zero-order valence-electron chi connectivity index (χ0n) is 10.9. The van der Waals surface area contributed by atoms with Crippen molar-refractivity contribution in [1.29, 1.82) is 0 Å². The van der Waals surface area contributed by atoms with Crippen LogP contribution in [0.15, 0.2) is 46.9 Å². The average molecular weight is 339 g/mol. The second-order valence-corrected chi connectivity index (χ2v) is 6.22. The van der Waals surface area contributed by atoms with Crippen LogP contribution in [0.4, 0.5) is 0 Å². The van der Waals surface area contributed by atoms with E-state index in [1.54, 1.807) is 0 Å². The van der Waals surface area contributed by atoms with Gasteiger partial charge in [-0.05, 0) is 43.0 Å². The Morgan fingerprint density at radius 3 is 2.63 bits per heavy atom. The van der Waals surface area contributed by atoms with Crippen molar-refractivity contribution in [3.8, 4) is 0 Å². The van der Waals surface area contributed by atoms with E-state index in [2.05, 4.69) is 47.1 Å². The van der Waals surface area contributed by atoms with E-state index in [0.717, 1.165) is 27.9 Å². The fourth-order valence-corrected chi connectivity index (χ4v) is 2.93. The fraction of sp³-hybridized carbons (Fsp3) is 0.250. The SMILES string of the molecule is Cc1cccc(CC(N)Cc2ccc(Br)cc2Cl)c1. The van der Waals surface area contributed by atoms with Crippen molar-refractivity contribution in [2.24, 2.45) is 5.73 Å². The minimum atomic E-state index is 0.0838. The summed E-state index contributed by atoms with van der Waals surface area (Å²) < 4.78 is 0.994. The first kappa shape index (κ1) is 14.6. The Morgan fingerprint density at radius 1 is 1.16 bits per heavy atom. The van der Waals surface area contributed by atoms with Crippen molar-refractivity contribution >= 4 is 27.5 Å². The highest BCUT2D eigenvalue weighted by atomic mass is 79.9. The zero-order valence-corrected chi connectivity index (χ0v) is 13.2. The second kappa shape index (κ2) is 6.56. The molecule has 0 saturated carbocycles. The first-order valence-electron chi connectivity index (χ1n) is 6.29. The Labute approximate surface area is 127 Å². The van der Waals surface area contributed by atoms with Crippen molar-refractivity contribution in [1.82, 2.24) is 0 Å². The maximum Gasteiger partial charge on any atom is 0.0449 e. The van der Waals surface area contributed by atoms with Crippen LogP contribution in [0.25, 0.3) is 0 Å². The minimum Gasteiger partial charge on any atom is -0.327 e. The van der Waals surface area contributed by atoms with Crippen LogP contribution >= 0.6 is 27.5 Å². The van der Waals surface area contributed by atoms with Crippen molar-refractivity contribution < 1.29 is 0 Å². The van der Waals surface area contributed by atoms with Gasteiger partial charge in [-0.1, -0.05) is 63.4 Å². The molecule has 0 aliphatic heterocycles. The number of halogens is 2. The molecule has 2 aromatic rings. The smallest absolute Gasteiger partial charge is 0.0449 e. The first-order valence-corrected chi connectivity index (χ1v) is 7.47. The number of aryl methyl sites for hydroxylation is 1. The molecule has 0 saturated heterocycles. The van der Waals surface area contributed by atoms with E-state index in [1.807, 2.05) is 18.2 Å². The molecule has 0 aliphatic rings. The van der Waals surface area contributed by atoms with Crippen LogP contribution in [0.3, 0.4) is 0 Å². The van der Waals surface area contributed by atoms with Gasteiger partial charge in [0.2, 0.25) is 0 Å². The highest BCUT2D eigenvalue weighted by molar-refractivity contribution is 9.10. The Kier molecular flexibility index (Phi) is 5.03. The summed E-state index contributed by atoms with van der Waals surface area (Å²) in [6.07, 6.45) is 1.66. The van der Waals surface area contributed by atoms with Gasteiger partial charge in [0.25, 0.3) is 0 Å². The summed E-state index contributed by atoms with van der Waals surface area (Å²) in [5.74, 6) is 0. The molecule has 0 aliphatic carbocycles. The van der Waals surface area contributed by atoms with Crippen LogP contribution < -0.4 is 5.73 Å². The quantitative estimate of drug-likeness (QED) is 0.871. The van der Waals surface area contributed by atoms with Crippen molar-refractivity contribution in [3.63, 3.8) is 0 Å². The van der Waals surface area contributed by atoms with E-state index in [1.165, 1.54) is 11.1 Å². The third-order valence-electron chi connectivity index (χ3n) is 3.08. The lowest BCUT2D eigenvalue weighted by atomic mass is 9.99. The zero-order chi connectivity index (χ0) is 13.8. The lowest BCUT2D eigenvalue weighted by Gasteiger charge is -2.13. The third kappa shape index (κ3) is 4.34. The van der Waals surface area contributed by atoms with E-state index in [9.17, 15) is 0 Å². The van der Waals surface area contributed by atoms with Gasteiger partial charge in [0, 0.05) is 15.5 Å². The van der Waals surface area contributed by atoms with Crippen LogP contribution in [0.1, 0.15) is 16.7 Å². The molecule has 0 bridgehead atoms. The number of nitrogens with two attached hydrogens (primary N) is 1. The van der Waals surface area contributed by atoms with Gasteiger partial charge in [0.1, 0.15) is 0 Å². The molecular weight excluding hydrogens is 322 g/mol. The Balaban J connectivity index is 2.03. The molecule has 100 valence electrons. The molecule has 0 heterocycles. The molecule has 0 radical (unpaired) electrons. The summed E-state index contributed by atoms with van der Waals surface area (Å²) in [4.78, 5) is 0. The molecule has 0 amide bonds. The van der Waals surface area contributed by atoms with Crippen LogP contribution in [0, 0.1) is 6.92 Å². The molecule has 1 unspecified atom stereocenters. The largest absolute Gasteiger partial charge is 0.327 e. The molecule has 3 heteroatoms. The average Bonchev–Trinajstić information content (AvgIpc) is 2.33. The number of hydrogen-bond acceptors (Lipinski definition) is 1. The molecule has 0 spiro atoms. The topological polar surface area (TPSA) is 26.0 Å². The molecule has 0 aromatic heterocycles. The molecule has 0 fully saturated rings. The Hall–Kier alpha value is -0.830. The predicted octanol–water partition coefficient (Wildman–Crippen LogP) is 4.52. The lowest BCUT2D eigenvalue weighted by Crippen LogP contribution is -2.25. The highest BCUT2D eigenvalue weighted by Gasteiger charge is 2.09. The van der Waals surface area contributed by atoms with E-state index in [0.29, 0.717) is 0 Å². The van der Waals surface area contributed by atoms with Crippen LogP contribution in [-0.4, -0.2) is 6.04 Å². The molecule has 2 aromatic carbocycles. The van der Waals surface area contributed by atoms with Gasteiger partial charge in [-0.25, -0.2) is 0 Å². The highest BCUT2D eigenvalue weighted by Crippen LogP contribution is 2.22. The third-order valence-corrected chi connectivity index (χ3v) is 3.92. The van der Waals surface area contributed by atoms with Crippen LogP contribution in [0.5, 0.6) is 0 Å². The number of hydrogen-bond donors (Lipinski definition) is 1. The minimum absolute atomic E-state index is 0.0838. The van der Waals surface area contributed by atoms with Crippen molar-refractivity contribution in [2.45, 2.75) is 25.8 Å². The van der Waals surface area contributed by atoms with Crippen molar-refractivity contribution in [3.05, 3.63) is 68.7 Å². The molecule has 19 heavy (non-hydrogen) atoms. The van der Waals surface area contributed by atoms with E-state index < -0.39 is 0 Å². The number of rotatable bonds is 4. The summed E-state index contributed by atoms with van der Waals surface area (Å²) in [7, 11) is 0. The lowest BCUT2D eigenvalue weighted by molar-refractivity contribution is 0.664. The maximum atomic E-state index is 6.22. The van der Waals surface area contributed by atoms with Gasteiger partial charge in [-0.15, -0.1) is 0 Å².